The first-order chi connectivity index (χ1) is 6.33. The second-order valence-corrected chi connectivity index (χ2v) is 12.2. The van der Waals surface area contributed by atoms with Crippen molar-refractivity contribution in [2.45, 2.75) is 33.5 Å². The molecule has 0 radical (unpaired) electrons. The van der Waals surface area contributed by atoms with E-state index in [2.05, 4.69) is 31.1 Å². The van der Waals surface area contributed by atoms with Crippen molar-refractivity contribution in [3.05, 3.63) is 0 Å². The van der Waals surface area contributed by atoms with E-state index in [0.717, 1.165) is 0 Å². The van der Waals surface area contributed by atoms with Crippen molar-refractivity contribution in [2.75, 3.05) is 18.9 Å². The second-order valence-electron chi connectivity index (χ2n) is 4.27. The molecule has 0 bridgehead atoms. The molecular formula is C10H21O2PSi. The third kappa shape index (κ3) is 6.43. The van der Waals surface area contributed by atoms with Gasteiger partial charge in [0.05, 0.1) is 0 Å². The molecule has 2 nitrogen and oxygen atoms in total. The van der Waals surface area contributed by atoms with Crippen molar-refractivity contribution in [2.24, 2.45) is 0 Å². The summed E-state index contributed by atoms with van der Waals surface area (Å²) >= 11 is 0. The number of hydrogen-bond donors (Lipinski definition) is 0. The van der Waals surface area contributed by atoms with E-state index in [1.165, 1.54) is 0 Å². The molecule has 0 fully saturated rings. The Bertz CT molecular complexity index is 262. The van der Waals surface area contributed by atoms with Crippen LogP contribution in [0.15, 0.2) is 0 Å². The van der Waals surface area contributed by atoms with E-state index in [1.54, 1.807) is 0 Å². The quantitative estimate of drug-likeness (QED) is 0.422. The molecule has 0 aliphatic heterocycles. The molecule has 0 aromatic heterocycles. The van der Waals surface area contributed by atoms with Gasteiger partial charge < -0.3 is 4.52 Å². The summed E-state index contributed by atoms with van der Waals surface area (Å²) in [5, 5.41) is 0. The fraction of sp³-hybridized carbons (Fsp3) is 0.800. The molecule has 0 amide bonds. The first kappa shape index (κ1) is 14.0. The highest BCUT2D eigenvalue weighted by molar-refractivity contribution is 7.58. The molecule has 0 N–H and O–H groups in total. The molecule has 0 saturated heterocycles. The monoisotopic (exact) mass is 232 g/mol. The average molecular weight is 232 g/mol. The van der Waals surface area contributed by atoms with Crippen LogP contribution in [0.4, 0.5) is 0 Å². The van der Waals surface area contributed by atoms with Crippen molar-refractivity contribution in [3.8, 4) is 11.5 Å². The van der Waals surface area contributed by atoms with Gasteiger partial charge in [-0.2, -0.15) is 0 Å². The standard InChI is InChI=1S/C10H21O2PSi/c1-6-13(11,7-2)12-9-8-10-14(3,4)5/h6-7,9H2,1-5H3. The van der Waals surface area contributed by atoms with Crippen molar-refractivity contribution in [3.63, 3.8) is 0 Å². The summed E-state index contributed by atoms with van der Waals surface area (Å²) in [5.41, 5.74) is 3.19. The zero-order chi connectivity index (χ0) is 11.2. The maximum atomic E-state index is 11.8. The van der Waals surface area contributed by atoms with Crippen LogP contribution >= 0.6 is 7.37 Å². The summed E-state index contributed by atoms with van der Waals surface area (Å²) in [7, 11) is -3.65. The van der Waals surface area contributed by atoms with Gasteiger partial charge in [-0.05, 0) is 0 Å². The third-order valence-electron chi connectivity index (χ3n) is 1.80. The topological polar surface area (TPSA) is 26.3 Å². The van der Waals surface area contributed by atoms with Crippen molar-refractivity contribution in [1.29, 1.82) is 0 Å². The highest BCUT2D eigenvalue weighted by Gasteiger charge is 2.16. The molecule has 0 atom stereocenters. The van der Waals surface area contributed by atoms with Gasteiger partial charge in [-0.25, -0.2) is 0 Å². The van der Waals surface area contributed by atoms with Gasteiger partial charge in [0.1, 0.15) is 14.7 Å². The Morgan fingerprint density at radius 3 is 2.07 bits per heavy atom. The number of hydrogen-bond acceptors (Lipinski definition) is 2. The minimum absolute atomic E-state index is 0.323. The summed E-state index contributed by atoms with van der Waals surface area (Å²) in [6, 6.07) is 0. The normalized spacial score (nSPS) is 12.1. The highest BCUT2D eigenvalue weighted by Crippen LogP contribution is 2.45. The van der Waals surface area contributed by atoms with Crippen LogP contribution in [-0.4, -0.2) is 27.0 Å². The van der Waals surface area contributed by atoms with Crippen molar-refractivity contribution < 1.29 is 9.09 Å². The lowest BCUT2D eigenvalue weighted by Gasteiger charge is -2.12. The molecule has 4 heteroatoms. The molecule has 0 aliphatic carbocycles. The minimum Gasteiger partial charge on any atom is -0.315 e. The molecule has 0 aromatic rings. The van der Waals surface area contributed by atoms with Gasteiger partial charge >= 0.3 is 0 Å². The number of rotatable bonds is 4. The maximum absolute atomic E-state index is 11.8. The van der Waals surface area contributed by atoms with Crippen LogP contribution in [0.25, 0.3) is 0 Å². The smallest absolute Gasteiger partial charge is 0.203 e. The van der Waals surface area contributed by atoms with E-state index in [9.17, 15) is 4.57 Å². The fourth-order valence-corrected chi connectivity index (χ4v) is 2.57. The Morgan fingerprint density at radius 2 is 1.71 bits per heavy atom. The maximum Gasteiger partial charge on any atom is 0.203 e. The molecular weight excluding hydrogens is 211 g/mol. The van der Waals surface area contributed by atoms with Crippen LogP contribution in [0.2, 0.25) is 19.6 Å². The van der Waals surface area contributed by atoms with Crippen LogP contribution in [0.5, 0.6) is 0 Å². The van der Waals surface area contributed by atoms with Gasteiger partial charge in [-0.3, -0.25) is 4.57 Å². The predicted octanol–water partition coefficient (Wildman–Crippen LogP) is 3.20. The van der Waals surface area contributed by atoms with Crippen LogP contribution in [0.3, 0.4) is 0 Å². The molecule has 0 spiro atoms. The Kier molecular flexibility index (Phi) is 5.74. The molecule has 0 rings (SSSR count). The Labute approximate surface area is 88.9 Å². The molecule has 0 heterocycles. The van der Waals surface area contributed by atoms with Crippen LogP contribution < -0.4 is 0 Å². The largest absolute Gasteiger partial charge is 0.315 e. The Balaban J connectivity index is 4.06. The fourth-order valence-electron chi connectivity index (χ4n) is 0.857. The SMILES string of the molecule is CCP(=O)(CC)OCC#C[Si](C)(C)C. The summed E-state index contributed by atoms with van der Waals surface area (Å²) in [5.74, 6) is 2.97. The third-order valence-corrected chi connectivity index (χ3v) is 5.25. The van der Waals surface area contributed by atoms with E-state index in [-0.39, 0.29) is 0 Å². The van der Waals surface area contributed by atoms with Crippen LogP contribution in [-0.2, 0) is 9.09 Å². The lowest BCUT2D eigenvalue weighted by molar-refractivity contribution is 0.360. The van der Waals surface area contributed by atoms with E-state index >= 15 is 0 Å². The Morgan fingerprint density at radius 1 is 1.21 bits per heavy atom. The molecule has 14 heavy (non-hydrogen) atoms. The van der Waals surface area contributed by atoms with Crippen molar-refractivity contribution in [1.82, 2.24) is 0 Å². The Hall–Kier alpha value is -0.0331. The summed E-state index contributed by atoms with van der Waals surface area (Å²) < 4.78 is 17.1. The summed E-state index contributed by atoms with van der Waals surface area (Å²) in [6.07, 6.45) is 1.22. The first-order valence-corrected chi connectivity index (χ1v) is 10.5. The van der Waals surface area contributed by atoms with Gasteiger partial charge in [0, 0.05) is 12.3 Å². The summed E-state index contributed by atoms with van der Waals surface area (Å²) in [4.78, 5) is 0. The van der Waals surface area contributed by atoms with Gasteiger partial charge in [-0.1, -0.05) is 39.4 Å². The molecule has 82 valence electrons. The molecule has 0 aromatic carbocycles. The zero-order valence-corrected chi connectivity index (χ0v) is 11.8. The van der Waals surface area contributed by atoms with Crippen LogP contribution in [0, 0.1) is 11.5 Å². The van der Waals surface area contributed by atoms with E-state index in [4.69, 9.17) is 4.52 Å². The van der Waals surface area contributed by atoms with Gasteiger partial charge in [0.2, 0.25) is 7.37 Å². The summed E-state index contributed by atoms with van der Waals surface area (Å²) in [6.45, 7) is 10.7. The predicted molar refractivity (Wildman–Crippen MR) is 65.8 cm³/mol. The van der Waals surface area contributed by atoms with Crippen molar-refractivity contribution >= 4 is 15.4 Å². The molecule has 0 saturated carbocycles. The lowest BCUT2D eigenvalue weighted by atomic mass is 10.8. The zero-order valence-electron chi connectivity index (χ0n) is 9.89. The van der Waals surface area contributed by atoms with Gasteiger partial charge in [-0.15, -0.1) is 5.54 Å². The van der Waals surface area contributed by atoms with E-state index < -0.39 is 15.4 Å². The second kappa shape index (κ2) is 5.75. The van der Waals surface area contributed by atoms with E-state index in [1.807, 2.05) is 13.8 Å². The minimum atomic E-state index is -2.35. The average Bonchev–Trinajstić information content (AvgIpc) is 2.11. The molecule has 0 aliphatic rings. The molecule has 0 unspecified atom stereocenters. The first-order valence-electron chi connectivity index (χ1n) is 5.05. The lowest BCUT2D eigenvalue weighted by Crippen LogP contribution is -2.16. The van der Waals surface area contributed by atoms with E-state index in [0.29, 0.717) is 18.9 Å². The van der Waals surface area contributed by atoms with Gasteiger partial charge in [0.25, 0.3) is 0 Å². The van der Waals surface area contributed by atoms with Crippen LogP contribution in [0.1, 0.15) is 13.8 Å². The van der Waals surface area contributed by atoms with Gasteiger partial charge in [0.15, 0.2) is 0 Å². The highest BCUT2D eigenvalue weighted by atomic mass is 31.2.